The van der Waals surface area contributed by atoms with Gasteiger partial charge in [-0.25, -0.2) is 0 Å². The molecule has 0 amide bonds. The van der Waals surface area contributed by atoms with Gasteiger partial charge in [0.1, 0.15) is 0 Å². The van der Waals surface area contributed by atoms with E-state index >= 15 is 0 Å². The Morgan fingerprint density at radius 2 is 1.88 bits per heavy atom. The van der Waals surface area contributed by atoms with Gasteiger partial charge in [-0.05, 0) is 12.8 Å². The maximum absolute atomic E-state index is 5.47. The molecule has 0 saturated carbocycles. The summed E-state index contributed by atoms with van der Waals surface area (Å²) in [6, 6.07) is 15.5. The van der Waals surface area contributed by atoms with E-state index in [4.69, 9.17) is 6.42 Å². The fourth-order valence-electron chi connectivity index (χ4n) is 3.48. The van der Waals surface area contributed by atoms with Crippen LogP contribution in [-0.4, -0.2) is 0 Å². The maximum Gasteiger partial charge on any atom is 3.00 e. The summed E-state index contributed by atoms with van der Waals surface area (Å²) >= 11 is 0. The fraction of sp³-hybridized carbons (Fsp3) is 0.136. The number of halogens is 2. The minimum Gasteiger partial charge on any atom is -1.00 e. The van der Waals surface area contributed by atoms with E-state index < -0.39 is 0 Å². The van der Waals surface area contributed by atoms with Crippen LogP contribution in [0, 0.1) is 12.3 Å². The largest absolute Gasteiger partial charge is 3.00 e. The number of terminal acetylenes is 1. The molecule has 0 saturated heterocycles. The molecule has 0 atom stereocenters. The van der Waals surface area contributed by atoms with Crippen molar-refractivity contribution in [3.05, 3.63) is 71.8 Å². The molecule has 4 rings (SSSR count). The smallest absolute Gasteiger partial charge is 1.00 e. The van der Waals surface area contributed by atoms with Gasteiger partial charge in [0.05, 0.1) is 0 Å². The molecule has 0 spiro atoms. The first-order valence-electron chi connectivity index (χ1n) is 7.78. The first-order valence-corrected chi connectivity index (χ1v) is 7.78. The van der Waals surface area contributed by atoms with Crippen LogP contribution >= 0.6 is 0 Å². The quantitative estimate of drug-likeness (QED) is 0.383. The first-order chi connectivity index (χ1) is 10.9. The van der Waals surface area contributed by atoms with Crippen LogP contribution in [0.25, 0.3) is 27.1 Å². The van der Waals surface area contributed by atoms with Crippen LogP contribution in [0.3, 0.4) is 0 Å². The van der Waals surface area contributed by atoms with E-state index in [1.54, 1.807) is 0 Å². The molecule has 0 heterocycles. The van der Waals surface area contributed by atoms with Gasteiger partial charge in [0.25, 0.3) is 0 Å². The third kappa shape index (κ3) is 3.98. The molecule has 1 radical (unpaired) electrons. The molecule has 0 bridgehead atoms. The molecular weight excluding hydrogens is 426 g/mol. The van der Waals surface area contributed by atoms with Crippen LogP contribution in [0.15, 0.2) is 60.7 Å². The van der Waals surface area contributed by atoms with Crippen molar-refractivity contribution in [1.29, 1.82) is 0 Å². The van der Waals surface area contributed by atoms with Crippen LogP contribution in [0.5, 0.6) is 0 Å². The Bertz CT molecular complexity index is 971. The fourth-order valence-corrected chi connectivity index (χ4v) is 3.48. The second-order valence-corrected chi connectivity index (χ2v) is 5.82. The van der Waals surface area contributed by atoms with E-state index in [1.807, 2.05) is 0 Å². The number of aryl methyl sites for hydroxylation is 1. The Kier molecular flexibility index (Phi) is 8.30. The first kappa shape index (κ1) is 21.9. The van der Waals surface area contributed by atoms with Crippen molar-refractivity contribution in [2.24, 2.45) is 0 Å². The van der Waals surface area contributed by atoms with Gasteiger partial charge in [0.2, 0.25) is 0 Å². The van der Waals surface area contributed by atoms with Gasteiger partial charge >= 0.3 is 26.2 Å². The Balaban J connectivity index is 0.00000104. The van der Waals surface area contributed by atoms with E-state index in [1.165, 1.54) is 38.2 Å². The summed E-state index contributed by atoms with van der Waals surface area (Å²) in [5.41, 5.74) is 4.13. The van der Waals surface area contributed by atoms with Crippen molar-refractivity contribution in [3.63, 3.8) is 0 Å². The maximum atomic E-state index is 5.47. The van der Waals surface area contributed by atoms with E-state index in [-0.39, 0.29) is 51.0 Å². The number of fused-ring (bicyclic) bond motifs is 3. The summed E-state index contributed by atoms with van der Waals surface area (Å²) in [5.74, 6) is 2.77. The zero-order valence-corrected chi connectivity index (χ0v) is 17.7. The summed E-state index contributed by atoms with van der Waals surface area (Å²) in [6.07, 6.45) is 14.8. The predicted octanol–water partition coefficient (Wildman–Crippen LogP) is -0.373. The molecular formula is C22H17Cl2Zr. The number of hydrogen-bond donors (Lipinski definition) is 0. The molecule has 0 aromatic heterocycles. The summed E-state index contributed by atoms with van der Waals surface area (Å²) in [4.78, 5) is 0. The van der Waals surface area contributed by atoms with Crippen molar-refractivity contribution in [1.82, 2.24) is 0 Å². The monoisotopic (exact) mass is 441 g/mol. The zero-order valence-electron chi connectivity index (χ0n) is 13.7. The molecule has 25 heavy (non-hydrogen) atoms. The Hall–Kier alpha value is -1.19. The van der Waals surface area contributed by atoms with Gasteiger partial charge in [-0.15, -0.1) is 46.0 Å². The van der Waals surface area contributed by atoms with E-state index in [0.717, 1.165) is 19.3 Å². The zero-order chi connectivity index (χ0) is 14.9. The summed E-state index contributed by atoms with van der Waals surface area (Å²) < 4.78 is 0. The van der Waals surface area contributed by atoms with Gasteiger partial charge in [-0.2, -0.15) is 0 Å². The van der Waals surface area contributed by atoms with Gasteiger partial charge in [0, 0.05) is 6.42 Å². The second kappa shape index (κ2) is 9.49. The van der Waals surface area contributed by atoms with Crippen molar-refractivity contribution in [2.45, 2.75) is 19.3 Å². The third-order valence-electron chi connectivity index (χ3n) is 4.52. The van der Waals surface area contributed by atoms with E-state index in [9.17, 15) is 0 Å². The van der Waals surface area contributed by atoms with Crippen molar-refractivity contribution < 1.29 is 51.0 Å². The summed E-state index contributed by atoms with van der Waals surface area (Å²) in [6.45, 7) is 0. The van der Waals surface area contributed by atoms with Gasteiger partial charge < -0.3 is 24.8 Å². The van der Waals surface area contributed by atoms with Gasteiger partial charge in [-0.3, -0.25) is 0 Å². The topological polar surface area (TPSA) is 0 Å². The molecule has 3 heteroatoms. The average Bonchev–Trinajstić information content (AvgIpc) is 3.20. The minimum atomic E-state index is 0. The van der Waals surface area contributed by atoms with Crippen LogP contribution < -0.4 is 24.8 Å². The predicted molar refractivity (Wildman–Crippen MR) is 95.9 cm³/mol. The van der Waals surface area contributed by atoms with E-state index in [0.29, 0.717) is 0 Å². The number of rotatable bonds is 3. The SMILES string of the molecule is C#CCCc1ccc(C2=CC=CC2)c2[cH-]c3ccccc3c12.[Cl-].[Cl-].[Zr+3]. The van der Waals surface area contributed by atoms with Crippen LogP contribution in [0.1, 0.15) is 24.0 Å². The van der Waals surface area contributed by atoms with Crippen LogP contribution in [-0.2, 0) is 32.6 Å². The molecule has 3 aromatic carbocycles. The standard InChI is InChI=1S/C22H17.2ClH.Zr/c1-2-3-8-17-13-14-19(16-9-4-5-10-16)21-15-18-11-6-7-12-20(18)22(17)21;;;/h1,4-7,9,11-15H,3,8,10H2;2*1H;/q-1;;;+3/p-2. The molecule has 0 fully saturated rings. The Morgan fingerprint density at radius 3 is 2.60 bits per heavy atom. The molecule has 0 aliphatic heterocycles. The van der Waals surface area contributed by atoms with Gasteiger partial charge in [-0.1, -0.05) is 65.3 Å². The van der Waals surface area contributed by atoms with Gasteiger partial charge in [0.15, 0.2) is 0 Å². The van der Waals surface area contributed by atoms with Crippen LogP contribution in [0.2, 0.25) is 0 Å². The Morgan fingerprint density at radius 1 is 1.08 bits per heavy atom. The minimum absolute atomic E-state index is 0. The molecule has 0 N–H and O–H groups in total. The molecule has 123 valence electrons. The summed E-state index contributed by atoms with van der Waals surface area (Å²) in [5, 5.41) is 5.42. The number of allylic oxidation sites excluding steroid dienone is 4. The van der Waals surface area contributed by atoms with Crippen molar-refractivity contribution in [2.75, 3.05) is 0 Å². The summed E-state index contributed by atoms with van der Waals surface area (Å²) in [7, 11) is 0. The van der Waals surface area contributed by atoms with Crippen LogP contribution in [0.4, 0.5) is 0 Å². The third-order valence-corrected chi connectivity index (χ3v) is 4.52. The van der Waals surface area contributed by atoms with Crippen molar-refractivity contribution >= 4 is 27.1 Å². The molecule has 0 unspecified atom stereocenters. The Labute approximate surface area is 180 Å². The number of hydrogen-bond acceptors (Lipinski definition) is 0. The molecule has 0 nitrogen and oxygen atoms in total. The van der Waals surface area contributed by atoms with Crippen molar-refractivity contribution in [3.8, 4) is 12.3 Å². The number of benzene rings is 2. The molecule has 1 aliphatic rings. The average molecular weight is 444 g/mol. The second-order valence-electron chi connectivity index (χ2n) is 5.82. The van der Waals surface area contributed by atoms with E-state index in [2.05, 4.69) is 66.6 Å². The molecule has 1 aliphatic carbocycles. The normalized spacial score (nSPS) is 12.0. The molecule has 3 aromatic rings.